The predicted molar refractivity (Wildman–Crippen MR) is 75.1 cm³/mol. The smallest absolute Gasteiger partial charge is 0.189 e. The molecule has 0 radical (unpaired) electrons. The van der Waals surface area contributed by atoms with Crippen LogP contribution in [0.4, 0.5) is 0 Å². The lowest BCUT2D eigenvalue weighted by molar-refractivity contribution is 0.204. The average Bonchev–Trinajstić information content (AvgIpc) is 2.81. The molecule has 0 aliphatic heterocycles. The summed E-state index contributed by atoms with van der Waals surface area (Å²) >= 11 is 0. The number of imidazole rings is 1. The molecular weight excluding hydrogens is 242 g/mol. The summed E-state index contributed by atoms with van der Waals surface area (Å²) < 4.78 is 6.96. The molecule has 0 saturated heterocycles. The molecule has 6 heteroatoms. The van der Waals surface area contributed by atoms with Gasteiger partial charge in [0.1, 0.15) is 5.65 Å². The summed E-state index contributed by atoms with van der Waals surface area (Å²) in [5, 5.41) is 2.97. The Kier molecular flexibility index (Phi) is 4.35. The van der Waals surface area contributed by atoms with Gasteiger partial charge in [-0.3, -0.25) is 0 Å². The van der Waals surface area contributed by atoms with E-state index in [2.05, 4.69) is 15.3 Å². The van der Waals surface area contributed by atoms with Crippen LogP contribution >= 0.6 is 0 Å². The first-order valence-corrected chi connectivity index (χ1v) is 6.17. The lowest BCUT2D eigenvalue weighted by Gasteiger charge is -2.03. The predicted octanol–water partition coefficient (Wildman–Crippen LogP) is 0.693. The maximum atomic E-state index is 5.74. The molecule has 6 nitrogen and oxygen atoms in total. The van der Waals surface area contributed by atoms with Crippen LogP contribution in [0.2, 0.25) is 0 Å². The summed E-state index contributed by atoms with van der Waals surface area (Å²) in [6.07, 6.45) is 1.98. The second kappa shape index (κ2) is 6.19. The van der Waals surface area contributed by atoms with Crippen molar-refractivity contribution >= 4 is 11.6 Å². The van der Waals surface area contributed by atoms with Crippen molar-refractivity contribution in [3.8, 4) is 0 Å². The molecule has 0 unspecified atom stereocenters. The third-order valence-corrected chi connectivity index (χ3v) is 2.77. The number of aliphatic imine (C=N–C) groups is 1. The summed E-state index contributed by atoms with van der Waals surface area (Å²) in [6, 6.07) is 6.01. The standard InChI is InChI=1S/C13H19N5O/c1-10-4-3-5-12-17-11(9-18(10)12)8-16-13(14)15-6-7-19-2/h3-5,9H,6-8H2,1-2H3,(H3,14,15,16). The molecule has 19 heavy (non-hydrogen) atoms. The average molecular weight is 261 g/mol. The highest BCUT2D eigenvalue weighted by atomic mass is 16.5. The van der Waals surface area contributed by atoms with Crippen LogP contribution in [-0.4, -0.2) is 35.6 Å². The Labute approximate surface area is 112 Å². The monoisotopic (exact) mass is 261 g/mol. The summed E-state index contributed by atoms with van der Waals surface area (Å²) in [7, 11) is 1.65. The van der Waals surface area contributed by atoms with Crippen molar-refractivity contribution in [2.24, 2.45) is 10.7 Å². The molecule has 102 valence electrons. The molecule has 2 rings (SSSR count). The van der Waals surface area contributed by atoms with Gasteiger partial charge in [0.25, 0.3) is 0 Å². The van der Waals surface area contributed by atoms with Crippen molar-refractivity contribution in [3.05, 3.63) is 35.8 Å². The second-order valence-electron chi connectivity index (χ2n) is 4.25. The number of nitrogens with one attached hydrogen (secondary N) is 1. The number of hydrogen-bond acceptors (Lipinski definition) is 3. The molecule has 0 fully saturated rings. The van der Waals surface area contributed by atoms with Gasteiger partial charge in [-0.25, -0.2) is 9.98 Å². The van der Waals surface area contributed by atoms with E-state index in [1.165, 1.54) is 0 Å². The summed E-state index contributed by atoms with van der Waals surface area (Å²) in [5.74, 6) is 0.408. The van der Waals surface area contributed by atoms with Crippen LogP contribution in [0.1, 0.15) is 11.4 Å². The molecule has 0 aliphatic rings. The van der Waals surface area contributed by atoms with E-state index in [-0.39, 0.29) is 0 Å². The molecule has 0 amide bonds. The fourth-order valence-electron chi connectivity index (χ4n) is 1.78. The Balaban J connectivity index is 2.01. The van der Waals surface area contributed by atoms with Crippen molar-refractivity contribution in [1.82, 2.24) is 14.7 Å². The van der Waals surface area contributed by atoms with E-state index < -0.39 is 0 Å². The highest BCUT2D eigenvalue weighted by Gasteiger charge is 2.02. The van der Waals surface area contributed by atoms with E-state index in [0.717, 1.165) is 17.0 Å². The first-order valence-electron chi connectivity index (χ1n) is 6.17. The molecule has 0 atom stereocenters. The lowest BCUT2D eigenvalue weighted by Crippen LogP contribution is -2.34. The fourth-order valence-corrected chi connectivity index (χ4v) is 1.78. The van der Waals surface area contributed by atoms with Crippen LogP contribution in [-0.2, 0) is 11.3 Å². The molecular formula is C13H19N5O. The SMILES string of the molecule is COCCNC(N)=NCc1cn2c(C)cccc2n1. The largest absolute Gasteiger partial charge is 0.383 e. The molecule has 2 heterocycles. The quantitative estimate of drug-likeness (QED) is 0.472. The van der Waals surface area contributed by atoms with Crippen LogP contribution in [0, 0.1) is 6.92 Å². The Morgan fingerprint density at radius 1 is 1.53 bits per heavy atom. The van der Waals surface area contributed by atoms with Crippen LogP contribution in [0.3, 0.4) is 0 Å². The van der Waals surface area contributed by atoms with Gasteiger partial charge in [-0.05, 0) is 19.1 Å². The van der Waals surface area contributed by atoms with E-state index in [1.54, 1.807) is 7.11 Å². The van der Waals surface area contributed by atoms with Gasteiger partial charge in [0.15, 0.2) is 5.96 Å². The zero-order valence-corrected chi connectivity index (χ0v) is 11.3. The van der Waals surface area contributed by atoms with Crippen LogP contribution < -0.4 is 11.1 Å². The van der Waals surface area contributed by atoms with Crippen molar-refractivity contribution in [1.29, 1.82) is 0 Å². The molecule has 0 aromatic carbocycles. The Hall–Kier alpha value is -2.08. The number of aromatic nitrogens is 2. The number of nitrogens with zero attached hydrogens (tertiary/aromatic N) is 3. The van der Waals surface area contributed by atoms with E-state index in [0.29, 0.717) is 25.7 Å². The van der Waals surface area contributed by atoms with Gasteiger partial charge in [-0.2, -0.15) is 0 Å². The second-order valence-corrected chi connectivity index (χ2v) is 4.25. The van der Waals surface area contributed by atoms with Gasteiger partial charge in [-0.15, -0.1) is 0 Å². The van der Waals surface area contributed by atoms with Crippen molar-refractivity contribution in [2.45, 2.75) is 13.5 Å². The Morgan fingerprint density at radius 2 is 2.37 bits per heavy atom. The summed E-state index contributed by atoms with van der Waals surface area (Å²) in [6.45, 7) is 3.76. The maximum Gasteiger partial charge on any atom is 0.189 e. The Morgan fingerprint density at radius 3 is 3.11 bits per heavy atom. The van der Waals surface area contributed by atoms with E-state index >= 15 is 0 Å². The zero-order valence-electron chi connectivity index (χ0n) is 11.3. The number of pyridine rings is 1. The first-order chi connectivity index (χ1) is 9.20. The molecule has 0 saturated carbocycles. The minimum absolute atomic E-state index is 0.408. The van der Waals surface area contributed by atoms with Gasteiger partial charge in [0, 0.05) is 25.5 Å². The third-order valence-electron chi connectivity index (χ3n) is 2.77. The maximum absolute atomic E-state index is 5.74. The zero-order chi connectivity index (χ0) is 13.7. The number of aryl methyl sites for hydroxylation is 1. The Bertz CT molecular complexity index is 575. The van der Waals surface area contributed by atoms with E-state index in [4.69, 9.17) is 10.5 Å². The highest BCUT2D eigenvalue weighted by Crippen LogP contribution is 2.08. The van der Waals surface area contributed by atoms with Gasteiger partial charge in [0.05, 0.1) is 18.8 Å². The van der Waals surface area contributed by atoms with Gasteiger partial charge < -0.3 is 20.2 Å². The summed E-state index contributed by atoms with van der Waals surface area (Å²) in [4.78, 5) is 8.73. The summed E-state index contributed by atoms with van der Waals surface area (Å²) in [5.41, 5.74) is 8.70. The van der Waals surface area contributed by atoms with Gasteiger partial charge >= 0.3 is 0 Å². The van der Waals surface area contributed by atoms with E-state index in [1.807, 2.05) is 35.7 Å². The highest BCUT2D eigenvalue weighted by molar-refractivity contribution is 5.77. The number of rotatable bonds is 5. The molecule has 0 spiro atoms. The number of ether oxygens (including phenoxy) is 1. The first kappa shape index (κ1) is 13.4. The van der Waals surface area contributed by atoms with Gasteiger partial charge in [0.2, 0.25) is 0 Å². The van der Waals surface area contributed by atoms with Crippen molar-refractivity contribution in [2.75, 3.05) is 20.3 Å². The number of fused-ring (bicyclic) bond motifs is 1. The third kappa shape index (κ3) is 3.45. The van der Waals surface area contributed by atoms with Crippen molar-refractivity contribution < 1.29 is 4.74 Å². The molecule has 3 N–H and O–H groups in total. The van der Waals surface area contributed by atoms with Crippen LogP contribution in [0.5, 0.6) is 0 Å². The molecule has 0 bridgehead atoms. The van der Waals surface area contributed by atoms with E-state index in [9.17, 15) is 0 Å². The molecule has 2 aromatic heterocycles. The number of nitrogens with two attached hydrogens (primary N) is 1. The number of hydrogen-bond donors (Lipinski definition) is 2. The molecule has 2 aromatic rings. The molecule has 0 aliphatic carbocycles. The number of methoxy groups -OCH3 is 1. The lowest BCUT2D eigenvalue weighted by atomic mass is 10.4. The topological polar surface area (TPSA) is 76.9 Å². The van der Waals surface area contributed by atoms with Gasteiger partial charge in [-0.1, -0.05) is 6.07 Å². The van der Waals surface area contributed by atoms with Crippen LogP contribution in [0.15, 0.2) is 29.4 Å². The van der Waals surface area contributed by atoms with Crippen LogP contribution in [0.25, 0.3) is 5.65 Å². The van der Waals surface area contributed by atoms with Crippen molar-refractivity contribution in [3.63, 3.8) is 0 Å². The minimum atomic E-state index is 0.408. The number of guanidine groups is 1. The minimum Gasteiger partial charge on any atom is -0.383 e. The fraction of sp³-hybridized carbons (Fsp3) is 0.385. The normalized spacial score (nSPS) is 12.0.